The molecular formula is C18H27NO5. The Balaban J connectivity index is 2.70. The average molecular weight is 337 g/mol. The van der Waals surface area contributed by atoms with Crippen LogP contribution in [0.4, 0.5) is 0 Å². The van der Waals surface area contributed by atoms with Crippen LogP contribution in [0.2, 0.25) is 0 Å². The summed E-state index contributed by atoms with van der Waals surface area (Å²) in [6, 6.07) is 5.79. The Hall–Kier alpha value is -2.24. The first-order valence-corrected chi connectivity index (χ1v) is 8.22. The minimum Gasteiger partial charge on any atom is -0.490 e. The number of rotatable bonds is 10. The summed E-state index contributed by atoms with van der Waals surface area (Å²) in [7, 11) is 1.34. The van der Waals surface area contributed by atoms with Crippen molar-refractivity contribution >= 4 is 11.9 Å². The van der Waals surface area contributed by atoms with E-state index in [1.54, 1.807) is 4.90 Å². The van der Waals surface area contributed by atoms with Crippen LogP contribution in [0.3, 0.4) is 0 Å². The number of nitrogens with zero attached hydrogens (tertiary/aromatic N) is 1. The van der Waals surface area contributed by atoms with E-state index in [2.05, 4.69) is 4.74 Å². The van der Waals surface area contributed by atoms with Crippen LogP contribution in [0.15, 0.2) is 18.2 Å². The van der Waals surface area contributed by atoms with E-state index < -0.39 is 0 Å². The molecule has 1 amide bonds. The summed E-state index contributed by atoms with van der Waals surface area (Å²) < 4.78 is 15.8. The molecule has 134 valence electrons. The summed E-state index contributed by atoms with van der Waals surface area (Å²) in [6.07, 6.45) is 0.872. The van der Waals surface area contributed by atoms with Gasteiger partial charge in [0, 0.05) is 20.0 Å². The lowest BCUT2D eigenvalue weighted by atomic mass is 10.1. The molecule has 0 aromatic heterocycles. The molecule has 6 nitrogen and oxygen atoms in total. The number of amides is 1. The van der Waals surface area contributed by atoms with Crippen molar-refractivity contribution < 1.29 is 23.8 Å². The second-order valence-electron chi connectivity index (χ2n) is 5.23. The first-order valence-electron chi connectivity index (χ1n) is 8.22. The van der Waals surface area contributed by atoms with Crippen molar-refractivity contribution in [3.8, 4) is 11.5 Å². The number of esters is 1. The molecule has 0 unspecified atom stereocenters. The normalized spacial score (nSPS) is 10.2. The van der Waals surface area contributed by atoms with Crippen LogP contribution in [-0.2, 0) is 20.7 Å². The zero-order valence-electron chi connectivity index (χ0n) is 15.0. The zero-order chi connectivity index (χ0) is 17.9. The summed E-state index contributed by atoms with van der Waals surface area (Å²) in [5, 5.41) is 0. The van der Waals surface area contributed by atoms with Crippen molar-refractivity contribution in [2.24, 2.45) is 0 Å². The molecule has 0 aliphatic heterocycles. The predicted molar refractivity (Wildman–Crippen MR) is 91.4 cm³/mol. The molecule has 0 atom stereocenters. The molecule has 0 saturated carbocycles. The van der Waals surface area contributed by atoms with Gasteiger partial charge in [-0.2, -0.15) is 0 Å². The van der Waals surface area contributed by atoms with Gasteiger partial charge >= 0.3 is 5.97 Å². The second-order valence-corrected chi connectivity index (χ2v) is 5.23. The highest BCUT2D eigenvalue weighted by Gasteiger charge is 2.12. The van der Waals surface area contributed by atoms with Crippen molar-refractivity contribution in [3.63, 3.8) is 0 Å². The third-order valence-electron chi connectivity index (χ3n) is 3.54. The molecule has 0 aliphatic rings. The Labute approximate surface area is 143 Å². The van der Waals surface area contributed by atoms with Crippen LogP contribution >= 0.6 is 0 Å². The minimum absolute atomic E-state index is 0.0603. The number of hydrogen-bond acceptors (Lipinski definition) is 5. The zero-order valence-corrected chi connectivity index (χ0v) is 15.0. The topological polar surface area (TPSA) is 65.1 Å². The van der Waals surface area contributed by atoms with Gasteiger partial charge in [-0.3, -0.25) is 9.59 Å². The largest absolute Gasteiger partial charge is 0.490 e. The summed E-state index contributed by atoms with van der Waals surface area (Å²) in [5.74, 6) is 1.05. The van der Waals surface area contributed by atoms with Crippen molar-refractivity contribution in [1.82, 2.24) is 4.90 Å². The van der Waals surface area contributed by atoms with E-state index in [1.165, 1.54) is 14.0 Å². The standard InChI is InChI=1S/C18H27NO5/c1-5-23-16-8-7-15(13-17(16)24-6-2)9-11-19(14(3)20)12-10-18(21)22-4/h7-8,13H,5-6,9-12H2,1-4H3. The quantitative estimate of drug-likeness (QED) is 0.614. The summed E-state index contributed by atoms with van der Waals surface area (Å²) >= 11 is 0. The van der Waals surface area contributed by atoms with Crippen LogP contribution in [0.1, 0.15) is 32.8 Å². The van der Waals surface area contributed by atoms with Gasteiger partial charge in [-0.05, 0) is 38.0 Å². The van der Waals surface area contributed by atoms with E-state index in [-0.39, 0.29) is 18.3 Å². The maximum atomic E-state index is 11.7. The van der Waals surface area contributed by atoms with Gasteiger partial charge in [0.15, 0.2) is 11.5 Å². The first-order chi connectivity index (χ1) is 11.5. The Morgan fingerprint density at radius 1 is 1.04 bits per heavy atom. The number of carbonyl (C=O) groups excluding carboxylic acids is 2. The molecule has 0 heterocycles. The molecule has 0 aliphatic carbocycles. The Morgan fingerprint density at radius 2 is 1.71 bits per heavy atom. The lowest BCUT2D eigenvalue weighted by Gasteiger charge is -2.21. The summed E-state index contributed by atoms with van der Waals surface area (Å²) in [5.41, 5.74) is 1.05. The van der Waals surface area contributed by atoms with Gasteiger partial charge in [0.1, 0.15) is 0 Å². The van der Waals surface area contributed by atoms with Gasteiger partial charge in [0.25, 0.3) is 0 Å². The Morgan fingerprint density at radius 3 is 2.29 bits per heavy atom. The number of carbonyl (C=O) groups is 2. The van der Waals surface area contributed by atoms with Crippen molar-refractivity contribution in [2.45, 2.75) is 33.6 Å². The first kappa shape index (κ1) is 19.8. The smallest absolute Gasteiger partial charge is 0.307 e. The van der Waals surface area contributed by atoms with E-state index in [9.17, 15) is 9.59 Å². The molecule has 0 fully saturated rings. The molecule has 1 aromatic rings. The third-order valence-corrected chi connectivity index (χ3v) is 3.54. The predicted octanol–water partition coefficient (Wildman–Crippen LogP) is 2.44. The van der Waals surface area contributed by atoms with Gasteiger partial charge < -0.3 is 19.1 Å². The molecule has 1 rings (SSSR count). The van der Waals surface area contributed by atoms with E-state index >= 15 is 0 Å². The van der Waals surface area contributed by atoms with Crippen LogP contribution in [-0.4, -0.2) is 50.2 Å². The highest BCUT2D eigenvalue weighted by Crippen LogP contribution is 2.28. The van der Waals surface area contributed by atoms with E-state index in [0.29, 0.717) is 38.5 Å². The fourth-order valence-electron chi connectivity index (χ4n) is 2.27. The Kier molecular flexibility index (Phi) is 8.68. The fourth-order valence-corrected chi connectivity index (χ4v) is 2.27. The fraction of sp³-hybridized carbons (Fsp3) is 0.556. The van der Waals surface area contributed by atoms with Gasteiger partial charge in [-0.1, -0.05) is 6.07 Å². The SMILES string of the molecule is CCOc1ccc(CCN(CCC(=O)OC)C(C)=O)cc1OCC. The van der Waals surface area contributed by atoms with Crippen LogP contribution in [0, 0.1) is 0 Å². The van der Waals surface area contributed by atoms with Gasteiger partial charge in [-0.25, -0.2) is 0 Å². The maximum Gasteiger partial charge on any atom is 0.307 e. The third kappa shape index (κ3) is 6.48. The molecule has 0 spiro atoms. The molecule has 0 bridgehead atoms. The lowest BCUT2D eigenvalue weighted by molar-refractivity contribution is -0.141. The molecule has 0 N–H and O–H groups in total. The van der Waals surface area contributed by atoms with E-state index in [0.717, 1.165) is 11.3 Å². The van der Waals surface area contributed by atoms with E-state index in [1.807, 2.05) is 32.0 Å². The summed E-state index contributed by atoms with van der Waals surface area (Å²) in [4.78, 5) is 24.6. The van der Waals surface area contributed by atoms with Crippen molar-refractivity contribution in [2.75, 3.05) is 33.4 Å². The second kappa shape index (κ2) is 10.5. The molecular weight excluding hydrogens is 310 g/mol. The number of benzene rings is 1. The van der Waals surface area contributed by atoms with Gasteiger partial charge in [-0.15, -0.1) is 0 Å². The lowest BCUT2D eigenvalue weighted by Crippen LogP contribution is -2.33. The summed E-state index contributed by atoms with van der Waals surface area (Å²) in [6.45, 7) is 7.37. The Bertz CT molecular complexity index is 544. The molecule has 6 heteroatoms. The molecule has 24 heavy (non-hydrogen) atoms. The van der Waals surface area contributed by atoms with Crippen LogP contribution in [0.5, 0.6) is 11.5 Å². The van der Waals surface area contributed by atoms with Crippen LogP contribution < -0.4 is 9.47 Å². The number of hydrogen-bond donors (Lipinski definition) is 0. The molecule has 1 aromatic carbocycles. The van der Waals surface area contributed by atoms with E-state index in [4.69, 9.17) is 9.47 Å². The van der Waals surface area contributed by atoms with Crippen molar-refractivity contribution in [3.05, 3.63) is 23.8 Å². The average Bonchev–Trinajstić information content (AvgIpc) is 2.56. The number of ether oxygens (including phenoxy) is 3. The monoisotopic (exact) mass is 337 g/mol. The number of methoxy groups -OCH3 is 1. The van der Waals surface area contributed by atoms with Crippen molar-refractivity contribution in [1.29, 1.82) is 0 Å². The van der Waals surface area contributed by atoms with Gasteiger partial charge in [0.2, 0.25) is 5.91 Å². The minimum atomic E-state index is -0.319. The van der Waals surface area contributed by atoms with Gasteiger partial charge in [0.05, 0.1) is 26.7 Å². The van der Waals surface area contributed by atoms with Crippen LogP contribution in [0.25, 0.3) is 0 Å². The molecule has 0 saturated heterocycles. The highest BCUT2D eigenvalue weighted by molar-refractivity contribution is 5.75. The maximum absolute atomic E-state index is 11.7. The highest BCUT2D eigenvalue weighted by atomic mass is 16.5. The molecule has 0 radical (unpaired) electrons.